The third-order valence-corrected chi connectivity index (χ3v) is 5.27. The van der Waals surface area contributed by atoms with E-state index in [2.05, 4.69) is 4.98 Å². The van der Waals surface area contributed by atoms with Gasteiger partial charge in [-0.25, -0.2) is 0 Å². The smallest absolute Gasteiger partial charge is 0.231 e. The van der Waals surface area contributed by atoms with E-state index in [1.54, 1.807) is 61.7 Å². The maximum Gasteiger partial charge on any atom is 0.231 e. The van der Waals surface area contributed by atoms with E-state index in [0.717, 1.165) is 6.42 Å². The van der Waals surface area contributed by atoms with Gasteiger partial charge in [-0.1, -0.05) is 54.5 Å². The molecular formula is C33H45NO6. The minimum absolute atomic E-state index is 0.114. The first-order valence-corrected chi connectivity index (χ1v) is 13.8. The standard InChI is InChI=1S/C17H15NO4.C10H12O2.3C2H6/c1-22-12-5-3-11(4-6-12)15-17(21)16(20)13-7-2-10(9-19)8-14(13)18-15;1-2-3-10(12)8-4-6-9(11)7-5-8;3*1-2/h2-8,19,21H,9H2,1H3,(H,18,20);4-7,11H,2-3H2,1H3;3*1-2H3. The number of aliphatic hydroxyl groups is 1. The van der Waals surface area contributed by atoms with Crippen LogP contribution in [-0.4, -0.2) is 33.2 Å². The van der Waals surface area contributed by atoms with Crippen molar-refractivity contribution in [2.45, 2.75) is 67.9 Å². The Kier molecular flexibility index (Phi) is 17.9. The molecule has 1 heterocycles. The highest BCUT2D eigenvalue weighted by Crippen LogP contribution is 2.28. The van der Waals surface area contributed by atoms with Crippen molar-refractivity contribution < 1.29 is 24.9 Å². The highest BCUT2D eigenvalue weighted by atomic mass is 16.5. The fourth-order valence-electron chi connectivity index (χ4n) is 3.41. The molecular weight excluding hydrogens is 506 g/mol. The second-order valence-corrected chi connectivity index (χ2v) is 7.66. The van der Waals surface area contributed by atoms with Crippen molar-refractivity contribution in [1.29, 1.82) is 0 Å². The Bertz CT molecular complexity index is 1330. The monoisotopic (exact) mass is 551 g/mol. The number of aromatic amines is 1. The average molecular weight is 552 g/mol. The SMILES string of the molecule is CC.CC.CC.CCCC(=O)c1ccc(O)cc1.COc1ccc(-c2[nH]c3cc(CO)ccc3c(=O)c2O)cc1. The first-order valence-electron chi connectivity index (χ1n) is 13.8. The summed E-state index contributed by atoms with van der Waals surface area (Å²) in [6.07, 6.45) is 1.44. The maximum atomic E-state index is 12.3. The number of rotatable bonds is 6. The van der Waals surface area contributed by atoms with Crippen LogP contribution >= 0.6 is 0 Å². The molecule has 4 rings (SSSR count). The molecule has 4 N–H and O–H groups in total. The lowest BCUT2D eigenvalue weighted by molar-refractivity contribution is 0.0981. The average Bonchev–Trinajstić information content (AvgIpc) is 3.02. The summed E-state index contributed by atoms with van der Waals surface area (Å²) in [7, 11) is 1.57. The van der Waals surface area contributed by atoms with Gasteiger partial charge >= 0.3 is 0 Å². The van der Waals surface area contributed by atoms with Crippen LogP contribution in [0.5, 0.6) is 17.2 Å². The Balaban J connectivity index is 0.000000718. The first kappa shape index (κ1) is 35.9. The van der Waals surface area contributed by atoms with Gasteiger partial charge in [0.15, 0.2) is 11.5 Å². The molecule has 0 spiro atoms. The number of pyridine rings is 1. The molecule has 40 heavy (non-hydrogen) atoms. The van der Waals surface area contributed by atoms with Crippen LogP contribution in [0.2, 0.25) is 0 Å². The molecule has 0 saturated heterocycles. The van der Waals surface area contributed by atoms with E-state index in [9.17, 15) is 19.8 Å². The third kappa shape index (κ3) is 10.2. The van der Waals surface area contributed by atoms with Gasteiger partial charge in [0, 0.05) is 22.9 Å². The maximum absolute atomic E-state index is 12.3. The number of Topliss-reactive ketones (excluding diaryl/α,β-unsaturated/α-hetero) is 1. The van der Waals surface area contributed by atoms with Crippen molar-refractivity contribution in [3.63, 3.8) is 0 Å². The van der Waals surface area contributed by atoms with Crippen LogP contribution in [0.3, 0.4) is 0 Å². The van der Waals surface area contributed by atoms with E-state index in [4.69, 9.17) is 9.84 Å². The number of methoxy groups -OCH3 is 1. The molecule has 0 amide bonds. The number of phenolic OH excluding ortho intramolecular Hbond substituents is 1. The predicted octanol–water partition coefficient (Wildman–Crippen LogP) is 7.86. The highest BCUT2D eigenvalue weighted by molar-refractivity contribution is 5.96. The summed E-state index contributed by atoms with van der Waals surface area (Å²) in [6, 6.07) is 18.3. The largest absolute Gasteiger partial charge is 0.508 e. The molecule has 0 aliphatic rings. The van der Waals surface area contributed by atoms with Gasteiger partial charge in [-0.2, -0.15) is 0 Å². The van der Waals surface area contributed by atoms with Crippen molar-refractivity contribution in [3.05, 3.63) is 88.1 Å². The van der Waals surface area contributed by atoms with Crippen LogP contribution in [0.25, 0.3) is 22.2 Å². The van der Waals surface area contributed by atoms with Crippen LogP contribution in [0.1, 0.15) is 77.2 Å². The molecule has 0 radical (unpaired) electrons. The molecule has 1 aromatic heterocycles. The quantitative estimate of drug-likeness (QED) is 0.181. The molecule has 218 valence electrons. The second-order valence-electron chi connectivity index (χ2n) is 7.66. The summed E-state index contributed by atoms with van der Waals surface area (Å²) >= 11 is 0. The number of ether oxygens (including phenoxy) is 1. The van der Waals surface area contributed by atoms with Crippen LogP contribution in [-0.2, 0) is 6.61 Å². The van der Waals surface area contributed by atoms with Crippen molar-refractivity contribution in [1.82, 2.24) is 4.98 Å². The van der Waals surface area contributed by atoms with E-state index in [-0.39, 0.29) is 23.9 Å². The van der Waals surface area contributed by atoms with E-state index < -0.39 is 5.43 Å². The van der Waals surface area contributed by atoms with Crippen molar-refractivity contribution in [2.75, 3.05) is 7.11 Å². The molecule has 0 bridgehead atoms. The zero-order valence-electron chi connectivity index (χ0n) is 25.0. The molecule has 3 aromatic carbocycles. The molecule has 0 saturated carbocycles. The Morgan fingerprint density at radius 2 is 1.43 bits per heavy atom. The Labute approximate surface area is 238 Å². The number of fused-ring (bicyclic) bond motifs is 1. The zero-order chi connectivity index (χ0) is 30.7. The van der Waals surface area contributed by atoms with E-state index >= 15 is 0 Å². The number of aromatic nitrogens is 1. The van der Waals surface area contributed by atoms with Gasteiger partial charge in [-0.05, 0) is 72.6 Å². The first-order chi connectivity index (χ1) is 19.4. The summed E-state index contributed by atoms with van der Waals surface area (Å²) in [5, 5.41) is 28.7. The molecule has 0 atom stereocenters. The number of carbonyl (C=O) groups is 1. The molecule has 0 unspecified atom stereocenters. The van der Waals surface area contributed by atoms with Crippen molar-refractivity contribution >= 4 is 16.7 Å². The van der Waals surface area contributed by atoms with Crippen LogP contribution in [0.15, 0.2) is 71.5 Å². The normalized spacial score (nSPS) is 9.32. The minimum Gasteiger partial charge on any atom is -0.508 e. The lowest BCUT2D eigenvalue weighted by Gasteiger charge is -2.09. The van der Waals surface area contributed by atoms with Crippen LogP contribution < -0.4 is 10.2 Å². The van der Waals surface area contributed by atoms with Gasteiger partial charge in [-0.15, -0.1) is 0 Å². The van der Waals surface area contributed by atoms with E-state index in [0.29, 0.717) is 45.5 Å². The van der Waals surface area contributed by atoms with Gasteiger partial charge in [0.25, 0.3) is 0 Å². The molecule has 0 fully saturated rings. The summed E-state index contributed by atoms with van der Waals surface area (Å²) in [5.74, 6) is 0.698. The molecule has 0 aliphatic carbocycles. The number of carbonyl (C=O) groups excluding carboxylic acids is 1. The number of ketones is 1. The number of benzene rings is 3. The Morgan fingerprint density at radius 1 is 0.850 bits per heavy atom. The van der Waals surface area contributed by atoms with Crippen molar-refractivity contribution in [3.8, 4) is 28.5 Å². The Morgan fingerprint density at radius 3 is 1.93 bits per heavy atom. The minimum atomic E-state index is -0.441. The number of aromatic hydroxyl groups is 2. The number of H-pyrrole nitrogens is 1. The summed E-state index contributed by atoms with van der Waals surface area (Å²) in [4.78, 5) is 26.6. The lowest BCUT2D eigenvalue weighted by atomic mass is 10.1. The topological polar surface area (TPSA) is 120 Å². The highest BCUT2D eigenvalue weighted by Gasteiger charge is 2.13. The van der Waals surface area contributed by atoms with E-state index in [1.807, 2.05) is 48.5 Å². The zero-order valence-corrected chi connectivity index (χ0v) is 25.0. The lowest BCUT2D eigenvalue weighted by Crippen LogP contribution is -2.05. The summed E-state index contributed by atoms with van der Waals surface area (Å²) in [5.41, 5.74) is 2.51. The Hall–Kier alpha value is -4.10. The van der Waals surface area contributed by atoms with Gasteiger partial charge in [0.05, 0.1) is 24.9 Å². The summed E-state index contributed by atoms with van der Waals surface area (Å²) < 4.78 is 5.10. The van der Waals surface area contributed by atoms with Crippen LogP contribution in [0.4, 0.5) is 0 Å². The number of aliphatic hydroxyl groups excluding tert-OH is 1. The fourth-order valence-corrected chi connectivity index (χ4v) is 3.41. The number of hydrogen-bond donors (Lipinski definition) is 4. The molecule has 7 nitrogen and oxygen atoms in total. The predicted molar refractivity (Wildman–Crippen MR) is 166 cm³/mol. The third-order valence-electron chi connectivity index (χ3n) is 5.27. The molecule has 0 aliphatic heterocycles. The fraction of sp³-hybridized carbons (Fsp3) is 0.333. The summed E-state index contributed by atoms with van der Waals surface area (Å²) in [6.45, 7) is 13.9. The van der Waals surface area contributed by atoms with Gasteiger partial charge in [0.2, 0.25) is 5.43 Å². The van der Waals surface area contributed by atoms with E-state index in [1.165, 1.54) is 12.1 Å². The number of phenols is 1. The number of hydrogen-bond acceptors (Lipinski definition) is 6. The molecule has 4 aromatic rings. The van der Waals surface area contributed by atoms with Crippen molar-refractivity contribution in [2.24, 2.45) is 0 Å². The van der Waals surface area contributed by atoms with Gasteiger partial charge in [0.1, 0.15) is 11.5 Å². The van der Waals surface area contributed by atoms with Gasteiger partial charge < -0.3 is 25.0 Å². The number of nitrogens with one attached hydrogen (secondary N) is 1. The molecule has 7 heteroatoms. The second kappa shape index (κ2) is 19.9. The van der Waals surface area contributed by atoms with Crippen LogP contribution in [0, 0.1) is 0 Å². The van der Waals surface area contributed by atoms with Gasteiger partial charge in [-0.3, -0.25) is 9.59 Å².